The lowest BCUT2D eigenvalue weighted by Crippen LogP contribution is -2.36. The summed E-state index contributed by atoms with van der Waals surface area (Å²) in [5.41, 5.74) is 1.80. The van der Waals surface area contributed by atoms with E-state index < -0.39 is 5.97 Å². The lowest BCUT2D eigenvalue weighted by Gasteiger charge is -2.30. The van der Waals surface area contributed by atoms with E-state index in [1.165, 1.54) is 6.07 Å². The molecule has 1 saturated heterocycles. The van der Waals surface area contributed by atoms with Crippen LogP contribution in [0.5, 0.6) is 0 Å². The van der Waals surface area contributed by atoms with Crippen molar-refractivity contribution in [1.29, 1.82) is 0 Å². The van der Waals surface area contributed by atoms with Gasteiger partial charge in [0, 0.05) is 12.1 Å². The number of carboxylic acids is 1. The molecule has 104 valence electrons. The van der Waals surface area contributed by atoms with E-state index >= 15 is 0 Å². The van der Waals surface area contributed by atoms with Gasteiger partial charge in [-0.15, -0.1) is 0 Å². The predicted octanol–water partition coefficient (Wildman–Crippen LogP) is 2.68. The van der Waals surface area contributed by atoms with E-state index in [1.54, 1.807) is 6.07 Å². The van der Waals surface area contributed by atoms with Gasteiger partial charge in [-0.2, -0.15) is 0 Å². The molecule has 0 radical (unpaired) electrons. The molecule has 0 unspecified atom stereocenters. The number of hydrogen-bond donors (Lipinski definition) is 1. The quantitative estimate of drug-likeness (QED) is 0.910. The summed E-state index contributed by atoms with van der Waals surface area (Å²) in [5, 5.41) is 8.96. The zero-order chi connectivity index (χ0) is 13.8. The average Bonchev–Trinajstić information content (AvgIpc) is 2.41. The van der Waals surface area contributed by atoms with E-state index in [2.05, 4.69) is 4.90 Å². The van der Waals surface area contributed by atoms with Crippen molar-refractivity contribution in [3.8, 4) is 0 Å². The molecule has 1 N–H and O–H groups in total. The smallest absolute Gasteiger partial charge is 0.306 e. The maximum absolute atomic E-state index is 13.9. The minimum atomic E-state index is -0.709. The molecule has 0 amide bonds. The lowest BCUT2D eigenvalue weighted by molar-refractivity contribution is -0.143. The Kier molecular flexibility index (Phi) is 4.53. The Hall–Kier alpha value is -1.42. The standard InChI is InChI=1S/C15H20FNO2/c1-2-11-4-3-5-14(16)13(11)10-17-8-6-12(7-9-17)15(18)19/h3-5,12H,2,6-10H2,1H3,(H,18,19). The van der Waals surface area contributed by atoms with Gasteiger partial charge < -0.3 is 5.11 Å². The molecule has 19 heavy (non-hydrogen) atoms. The van der Waals surface area contributed by atoms with Gasteiger partial charge in [0.05, 0.1) is 5.92 Å². The van der Waals surface area contributed by atoms with Crippen molar-refractivity contribution in [2.75, 3.05) is 13.1 Å². The molecule has 0 saturated carbocycles. The second-order valence-corrected chi connectivity index (χ2v) is 5.12. The molecule has 1 aliphatic rings. The SMILES string of the molecule is CCc1cccc(F)c1CN1CCC(C(=O)O)CC1. The number of aryl methyl sites for hydroxylation is 1. The summed E-state index contributed by atoms with van der Waals surface area (Å²) in [7, 11) is 0. The molecule has 0 spiro atoms. The molecule has 0 aromatic heterocycles. The first kappa shape index (κ1) is 14.0. The third kappa shape index (κ3) is 3.32. The minimum absolute atomic E-state index is 0.153. The largest absolute Gasteiger partial charge is 0.481 e. The second kappa shape index (κ2) is 6.15. The maximum Gasteiger partial charge on any atom is 0.306 e. The van der Waals surface area contributed by atoms with Crippen LogP contribution in [0.25, 0.3) is 0 Å². The highest BCUT2D eigenvalue weighted by atomic mass is 19.1. The van der Waals surface area contributed by atoms with Crippen molar-refractivity contribution < 1.29 is 14.3 Å². The van der Waals surface area contributed by atoms with Crippen LogP contribution in [0, 0.1) is 11.7 Å². The number of benzene rings is 1. The Morgan fingerprint density at radius 3 is 2.68 bits per heavy atom. The summed E-state index contributed by atoms with van der Waals surface area (Å²) in [6, 6.07) is 5.20. The summed E-state index contributed by atoms with van der Waals surface area (Å²) in [6.07, 6.45) is 2.13. The molecule has 3 nitrogen and oxygen atoms in total. The number of nitrogens with zero attached hydrogens (tertiary/aromatic N) is 1. The van der Waals surface area contributed by atoms with Crippen molar-refractivity contribution in [3.05, 3.63) is 35.1 Å². The molecule has 0 aliphatic carbocycles. The fourth-order valence-electron chi connectivity index (χ4n) is 2.67. The molecule has 1 aliphatic heterocycles. The minimum Gasteiger partial charge on any atom is -0.481 e. The Morgan fingerprint density at radius 1 is 1.42 bits per heavy atom. The third-order valence-electron chi connectivity index (χ3n) is 3.92. The van der Waals surface area contributed by atoms with Gasteiger partial charge in [-0.05, 0) is 44.0 Å². The number of rotatable bonds is 4. The summed E-state index contributed by atoms with van der Waals surface area (Å²) in [6.45, 7) is 4.07. The lowest BCUT2D eigenvalue weighted by atomic mass is 9.96. The van der Waals surface area contributed by atoms with Crippen molar-refractivity contribution in [3.63, 3.8) is 0 Å². The third-order valence-corrected chi connectivity index (χ3v) is 3.92. The Morgan fingerprint density at radius 2 is 2.11 bits per heavy atom. The average molecular weight is 265 g/mol. The van der Waals surface area contributed by atoms with Crippen LogP contribution in [0.3, 0.4) is 0 Å². The summed E-state index contributed by atoms with van der Waals surface area (Å²) in [5.74, 6) is -1.10. The number of halogens is 1. The van der Waals surface area contributed by atoms with Gasteiger partial charge in [0.1, 0.15) is 5.82 Å². The van der Waals surface area contributed by atoms with E-state index in [1.807, 2.05) is 13.0 Å². The van der Waals surface area contributed by atoms with Crippen LogP contribution in [-0.4, -0.2) is 29.1 Å². The molecule has 1 aromatic carbocycles. The fourth-order valence-corrected chi connectivity index (χ4v) is 2.67. The molecule has 4 heteroatoms. The number of aliphatic carboxylic acids is 1. The zero-order valence-electron chi connectivity index (χ0n) is 11.2. The van der Waals surface area contributed by atoms with Crippen LogP contribution in [0.2, 0.25) is 0 Å². The van der Waals surface area contributed by atoms with Crippen LogP contribution in [0.15, 0.2) is 18.2 Å². The van der Waals surface area contributed by atoms with E-state index in [0.717, 1.165) is 30.6 Å². The van der Waals surface area contributed by atoms with E-state index in [4.69, 9.17) is 5.11 Å². The van der Waals surface area contributed by atoms with Crippen LogP contribution in [0.4, 0.5) is 4.39 Å². The summed E-state index contributed by atoms with van der Waals surface area (Å²) in [4.78, 5) is 13.0. The maximum atomic E-state index is 13.9. The molecular weight excluding hydrogens is 245 g/mol. The molecule has 1 aromatic rings. The first-order valence-corrected chi connectivity index (χ1v) is 6.83. The van der Waals surface area contributed by atoms with Crippen LogP contribution < -0.4 is 0 Å². The molecule has 1 fully saturated rings. The van der Waals surface area contributed by atoms with Gasteiger partial charge >= 0.3 is 5.97 Å². The molecule has 0 atom stereocenters. The van der Waals surface area contributed by atoms with E-state index in [9.17, 15) is 9.18 Å². The van der Waals surface area contributed by atoms with Gasteiger partial charge in [0.2, 0.25) is 0 Å². The van der Waals surface area contributed by atoms with Crippen molar-refractivity contribution in [2.45, 2.75) is 32.7 Å². The van der Waals surface area contributed by atoms with E-state index in [-0.39, 0.29) is 11.7 Å². The Labute approximate surface area is 113 Å². The first-order valence-electron chi connectivity index (χ1n) is 6.83. The van der Waals surface area contributed by atoms with Crippen LogP contribution >= 0.6 is 0 Å². The monoisotopic (exact) mass is 265 g/mol. The number of hydrogen-bond acceptors (Lipinski definition) is 2. The number of likely N-dealkylation sites (tertiary alicyclic amines) is 1. The van der Waals surface area contributed by atoms with Gasteiger partial charge in [-0.1, -0.05) is 19.1 Å². The summed E-state index contributed by atoms with van der Waals surface area (Å²) >= 11 is 0. The molecule has 2 rings (SSSR count). The zero-order valence-corrected chi connectivity index (χ0v) is 11.2. The highest BCUT2D eigenvalue weighted by Gasteiger charge is 2.25. The molecular formula is C15H20FNO2. The van der Waals surface area contributed by atoms with Gasteiger partial charge in [0.25, 0.3) is 0 Å². The first-order chi connectivity index (χ1) is 9.11. The Balaban J connectivity index is 2.01. The second-order valence-electron chi connectivity index (χ2n) is 5.12. The van der Waals surface area contributed by atoms with Gasteiger partial charge in [-0.25, -0.2) is 4.39 Å². The van der Waals surface area contributed by atoms with Gasteiger partial charge in [0.15, 0.2) is 0 Å². The Bertz CT molecular complexity index is 453. The molecule has 1 heterocycles. The van der Waals surface area contributed by atoms with E-state index in [0.29, 0.717) is 19.4 Å². The fraction of sp³-hybridized carbons (Fsp3) is 0.533. The molecule has 0 bridgehead atoms. The van der Waals surface area contributed by atoms with Crippen molar-refractivity contribution in [2.24, 2.45) is 5.92 Å². The van der Waals surface area contributed by atoms with Crippen LogP contribution in [-0.2, 0) is 17.8 Å². The highest BCUT2D eigenvalue weighted by molar-refractivity contribution is 5.70. The van der Waals surface area contributed by atoms with Gasteiger partial charge in [-0.3, -0.25) is 9.69 Å². The predicted molar refractivity (Wildman–Crippen MR) is 71.4 cm³/mol. The normalized spacial score (nSPS) is 17.6. The number of piperidine rings is 1. The topological polar surface area (TPSA) is 40.5 Å². The number of carbonyl (C=O) groups is 1. The number of carboxylic acid groups (broad SMARTS) is 1. The van der Waals surface area contributed by atoms with Crippen LogP contribution in [0.1, 0.15) is 30.9 Å². The van der Waals surface area contributed by atoms with Crippen molar-refractivity contribution in [1.82, 2.24) is 4.90 Å². The summed E-state index contributed by atoms with van der Waals surface area (Å²) < 4.78 is 13.9. The highest BCUT2D eigenvalue weighted by Crippen LogP contribution is 2.22. The van der Waals surface area contributed by atoms with Crippen molar-refractivity contribution >= 4 is 5.97 Å².